The highest BCUT2D eigenvalue weighted by Gasteiger charge is 2.19. The van der Waals surface area contributed by atoms with Gasteiger partial charge in [-0.2, -0.15) is 5.26 Å². The van der Waals surface area contributed by atoms with Crippen LogP contribution in [0.5, 0.6) is 0 Å². The van der Waals surface area contributed by atoms with Crippen LogP contribution in [0.1, 0.15) is 5.56 Å². The molecule has 1 aliphatic heterocycles. The molecule has 2 aromatic heterocycles. The van der Waals surface area contributed by atoms with Crippen molar-refractivity contribution < 1.29 is 0 Å². The molecule has 3 rings (SSSR count). The van der Waals surface area contributed by atoms with Crippen LogP contribution in [0.15, 0.2) is 35.2 Å². The van der Waals surface area contributed by atoms with Crippen molar-refractivity contribution in [2.45, 2.75) is 0 Å². The van der Waals surface area contributed by atoms with Crippen molar-refractivity contribution in [3.05, 3.63) is 40.8 Å². The SMILES string of the molecule is N#Cc1ccc(N2CCN(c3ncc(Br)cn3)CC2)nc1. The van der Waals surface area contributed by atoms with Crippen molar-refractivity contribution in [2.24, 2.45) is 0 Å². The summed E-state index contributed by atoms with van der Waals surface area (Å²) in [6, 6.07) is 5.77. The summed E-state index contributed by atoms with van der Waals surface area (Å²) >= 11 is 3.34. The number of piperazine rings is 1. The third-order valence-electron chi connectivity index (χ3n) is 3.37. The van der Waals surface area contributed by atoms with Crippen LogP contribution in [-0.2, 0) is 0 Å². The minimum atomic E-state index is 0.584. The summed E-state index contributed by atoms with van der Waals surface area (Å²) in [7, 11) is 0. The van der Waals surface area contributed by atoms with E-state index in [1.807, 2.05) is 6.07 Å². The number of aromatic nitrogens is 3. The molecule has 0 aromatic carbocycles. The normalized spacial score (nSPS) is 14.9. The van der Waals surface area contributed by atoms with Gasteiger partial charge in [0.1, 0.15) is 11.9 Å². The van der Waals surface area contributed by atoms with Crippen molar-refractivity contribution in [3.63, 3.8) is 0 Å². The van der Waals surface area contributed by atoms with Crippen molar-refractivity contribution in [3.8, 4) is 6.07 Å². The lowest BCUT2D eigenvalue weighted by Crippen LogP contribution is -2.47. The molecule has 6 nitrogen and oxygen atoms in total. The van der Waals surface area contributed by atoms with Gasteiger partial charge < -0.3 is 9.80 Å². The lowest BCUT2D eigenvalue weighted by Gasteiger charge is -2.35. The first-order valence-corrected chi connectivity index (χ1v) is 7.39. The van der Waals surface area contributed by atoms with Crippen molar-refractivity contribution in [2.75, 3.05) is 36.0 Å². The number of pyridine rings is 1. The van der Waals surface area contributed by atoms with Gasteiger partial charge in [-0.3, -0.25) is 0 Å². The van der Waals surface area contributed by atoms with Crippen LogP contribution < -0.4 is 9.80 Å². The Morgan fingerprint density at radius 3 is 2.19 bits per heavy atom. The lowest BCUT2D eigenvalue weighted by atomic mass is 10.2. The monoisotopic (exact) mass is 344 g/mol. The van der Waals surface area contributed by atoms with E-state index >= 15 is 0 Å². The third-order valence-corrected chi connectivity index (χ3v) is 3.78. The first-order valence-electron chi connectivity index (χ1n) is 6.60. The molecule has 0 N–H and O–H groups in total. The molecule has 3 heterocycles. The number of hydrogen-bond donors (Lipinski definition) is 0. The Morgan fingerprint density at radius 2 is 1.62 bits per heavy atom. The molecule has 0 bridgehead atoms. The van der Waals surface area contributed by atoms with Crippen LogP contribution in [0.2, 0.25) is 0 Å². The summed E-state index contributed by atoms with van der Waals surface area (Å²) in [5.74, 6) is 1.66. The van der Waals surface area contributed by atoms with Crippen molar-refractivity contribution in [1.29, 1.82) is 5.26 Å². The summed E-state index contributed by atoms with van der Waals surface area (Å²) in [4.78, 5) is 17.3. The Labute approximate surface area is 131 Å². The number of halogens is 1. The first-order chi connectivity index (χ1) is 10.3. The highest BCUT2D eigenvalue weighted by molar-refractivity contribution is 9.10. The second-order valence-electron chi connectivity index (χ2n) is 4.69. The average molecular weight is 345 g/mol. The van der Waals surface area contributed by atoms with Crippen LogP contribution >= 0.6 is 15.9 Å². The van der Waals surface area contributed by atoms with E-state index in [0.717, 1.165) is 42.4 Å². The van der Waals surface area contributed by atoms with E-state index < -0.39 is 0 Å². The van der Waals surface area contributed by atoms with Crippen LogP contribution in [-0.4, -0.2) is 41.1 Å². The smallest absolute Gasteiger partial charge is 0.225 e. The van der Waals surface area contributed by atoms with Gasteiger partial charge in [0.15, 0.2) is 0 Å². The fraction of sp³-hybridized carbons (Fsp3) is 0.286. The van der Waals surface area contributed by atoms with Gasteiger partial charge >= 0.3 is 0 Å². The van der Waals surface area contributed by atoms with Crippen LogP contribution in [0.4, 0.5) is 11.8 Å². The van der Waals surface area contributed by atoms with Crippen LogP contribution in [0.3, 0.4) is 0 Å². The van der Waals surface area contributed by atoms with Gasteiger partial charge in [0, 0.05) is 44.8 Å². The van der Waals surface area contributed by atoms with Crippen molar-refractivity contribution in [1.82, 2.24) is 15.0 Å². The minimum absolute atomic E-state index is 0.584. The Hall–Kier alpha value is -2.20. The maximum Gasteiger partial charge on any atom is 0.225 e. The molecule has 106 valence electrons. The maximum absolute atomic E-state index is 8.79. The molecule has 1 saturated heterocycles. The second kappa shape index (κ2) is 6.06. The standard InChI is InChI=1S/C14H13BrN6/c15-12-9-18-14(19-10-12)21-5-3-20(4-6-21)13-2-1-11(7-16)8-17-13/h1-2,8-10H,3-6H2. The molecule has 1 fully saturated rings. The quantitative estimate of drug-likeness (QED) is 0.827. The molecule has 0 unspecified atom stereocenters. The Bertz CT molecular complexity index is 641. The Balaban J connectivity index is 1.64. The first kappa shape index (κ1) is 13.8. The summed E-state index contributed by atoms with van der Waals surface area (Å²) < 4.78 is 0.881. The van der Waals surface area contributed by atoms with Crippen LogP contribution in [0, 0.1) is 11.3 Å². The third kappa shape index (κ3) is 3.11. The van der Waals surface area contributed by atoms with E-state index in [1.165, 1.54) is 0 Å². The summed E-state index contributed by atoms with van der Waals surface area (Å²) in [6.07, 6.45) is 5.13. The zero-order chi connectivity index (χ0) is 14.7. The van der Waals surface area contributed by atoms with Gasteiger partial charge in [-0.1, -0.05) is 0 Å². The van der Waals surface area contributed by atoms with E-state index in [-0.39, 0.29) is 0 Å². The number of rotatable bonds is 2. The number of nitriles is 1. The highest BCUT2D eigenvalue weighted by atomic mass is 79.9. The van der Waals surface area contributed by atoms with E-state index in [2.05, 4.69) is 46.8 Å². The van der Waals surface area contributed by atoms with Gasteiger partial charge in [-0.25, -0.2) is 15.0 Å². The second-order valence-corrected chi connectivity index (χ2v) is 5.61. The molecule has 2 aromatic rings. The molecule has 0 atom stereocenters. The minimum Gasteiger partial charge on any atom is -0.353 e. The molecular formula is C14H13BrN6. The van der Waals surface area contributed by atoms with E-state index in [9.17, 15) is 0 Å². The zero-order valence-corrected chi connectivity index (χ0v) is 12.9. The molecule has 0 spiro atoms. The Kier molecular flexibility index (Phi) is 3.97. The number of nitrogens with zero attached hydrogens (tertiary/aromatic N) is 6. The molecule has 0 amide bonds. The van der Waals surface area contributed by atoms with E-state index in [4.69, 9.17) is 5.26 Å². The average Bonchev–Trinajstić information content (AvgIpc) is 2.56. The lowest BCUT2D eigenvalue weighted by molar-refractivity contribution is 0.634. The molecular weight excluding hydrogens is 332 g/mol. The largest absolute Gasteiger partial charge is 0.353 e. The number of hydrogen-bond acceptors (Lipinski definition) is 6. The fourth-order valence-electron chi connectivity index (χ4n) is 2.24. The van der Waals surface area contributed by atoms with Gasteiger partial charge in [-0.05, 0) is 28.1 Å². The van der Waals surface area contributed by atoms with Gasteiger partial charge in [0.25, 0.3) is 0 Å². The predicted molar refractivity (Wildman–Crippen MR) is 83.1 cm³/mol. The van der Waals surface area contributed by atoms with Gasteiger partial charge in [0.2, 0.25) is 5.95 Å². The maximum atomic E-state index is 8.79. The predicted octanol–water partition coefficient (Wildman–Crippen LogP) is 1.83. The van der Waals surface area contributed by atoms with E-state index in [1.54, 1.807) is 24.7 Å². The molecule has 0 radical (unpaired) electrons. The summed E-state index contributed by atoms with van der Waals surface area (Å²) in [5, 5.41) is 8.79. The topological polar surface area (TPSA) is 68.9 Å². The molecule has 0 saturated carbocycles. The highest BCUT2D eigenvalue weighted by Crippen LogP contribution is 2.17. The van der Waals surface area contributed by atoms with Gasteiger partial charge in [-0.15, -0.1) is 0 Å². The molecule has 21 heavy (non-hydrogen) atoms. The number of anilines is 2. The molecule has 1 aliphatic rings. The Morgan fingerprint density at radius 1 is 0.952 bits per heavy atom. The van der Waals surface area contributed by atoms with E-state index in [0.29, 0.717) is 5.56 Å². The fourth-order valence-corrected chi connectivity index (χ4v) is 2.45. The summed E-state index contributed by atoms with van der Waals surface area (Å²) in [6.45, 7) is 3.42. The zero-order valence-electron chi connectivity index (χ0n) is 11.3. The van der Waals surface area contributed by atoms with Crippen LogP contribution in [0.25, 0.3) is 0 Å². The van der Waals surface area contributed by atoms with Crippen molar-refractivity contribution >= 4 is 27.7 Å². The molecule has 0 aliphatic carbocycles. The summed E-state index contributed by atoms with van der Waals surface area (Å²) in [5.41, 5.74) is 0.584. The molecule has 7 heteroatoms. The van der Waals surface area contributed by atoms with Gasteiger partial charge in [0.05, 0.1) is 10.0 Å².